The highest BCUT2D eigenvalue weighted by atomic mass is 35.5. The first kappa shape index (κ1) is 16.8. The third-order valence-electron chi connectivity index (χ3n) is 3.12. The predicted molar refractivity (Wildman–Crippen MR) is 86.6 cm³/mol. The Morgan fingerprint density at radius 2 is 2.16 bits per heavy atom. The summed E-state index contributed by atoms with van der Waals surface area (Å²) in [4.78, 5) is 0. The first-order valence-electron chi connectivity index (χ1n) is 6.72. The van der Waals surface area contributed by atoms with Gasteiger partial charge in [0.25, 0.3) is 0 Å². The first-order valence-corrected chi connectivity index (χ1v) is 8.49. The van der Waals surface area contributed by atoms with E-state index in [1.165, 1.54) is 24.2 Å². The number of ether oxygens (including phenoxy) is 1. The fraction of sp³-hybridized carbons (Fsp3) is 0.600. The maximum Gasteiger partial charge on any atom is 0.0587 e. The van der Waals surface area contributed by atoms with E-state index in [1.807, 2.05) is 23.9 Å². The molecule has 1 aromatic rings. The van der Waals surface area contributed by atoms with E-state index in [2.05, 4.69) is 23.7 Å². The molecular weight excluding hydrogens is 278 g/mol. The highest BCUT2D eigenvalue weighted by Crippen LogP contribution is 2.27. The van der Waals surface area contributed by atoms with E-state index >= 15 is 0 Å². The fourth-order valence-electron chi connectivity index (χ4n) is 2.10. The van der Waals surface area contributed by atoms with Gasteiger partial charge in [-0.1, -0.05) is 29.8 Å². The van der Waals surface area contributed by atoms with Crippen LogP contribution in [0, 0.1) is 0 Å². The van der Waals surface area contributed by atoms with E-state index < -0.39 is 0 Å². The van der Waals surface area contributed by atoms with Crippen LogP contribution in [0.5, 0.6) is 0 Å². The average molecular weight is 302 g/mol. The molecule has 0 saturated carbocycles. The lowest BCUT2D eigenvalue weighted by Crippen LogP contribution is -2.25. The average Bonchev–Trinajstić information content (AvgIpc) is 2.42. The summed E-state index contributed by atoms with van der Waals surface area (Å²) >= 11 is 8.22. The van der Waals surface area contributed by atoms with Gasteiger partial charge in [0.05, 0.1) is 6.61 Å². The molecule has 108 valence electrons. The second-order valence-corrected chi connectivity index (χ2v) is 5.94. The molecule has 0 aliphatic heterocycles. The number of methoxy groups -OCH3 is 1. The Hall–Kier alpha value is -0.220. The summed E-state index contributed by atoms with van der Waals surface area (Å²) in [6, 6.07) is 8.18. The molecule has 0 amide bonds. The maximum absolute atomic E-state index is 6.31. The molecule has 1 atom stereocenters. The number of halogens is 1. The number of thioether (sulfide) groups is 1. The minimum Gasteiger partial charge on any atom is -0.383 e. The molecule has 0 heterocycles. The maximum atomic E-state index is 6.31. The Kier molecular flexibility index (Phi) is 9.35. The molecule has 1 N–H and O–H groups in total. The van der Waals surface area contributed by atoms with Crippen molar-refractivity contribution in [1.29, 1.82) is 0 Å². The standard InChI is InChI=1S/C15H24ClNOS/c1-18-10-9-17-12-13(6-5-11-19-2)14-7-3-4-8-15(14)16/h3-4,7-8,13,17H,5-6,9-12H2,1-2H3. The smallest absolute Gasteiger partial charge is 0.0587 e. The van der Waals surface area contributed by atoms with Gasteiger partial charge in [-0.15, -0.1) is 0 Å². The topological polar surface area (TPSA) is 21.3 Å². The van der Waals surface area contributed by atoms with Gasteiger partial charge in [-0.25, -0.2) is 0 Å². The lowest BCUT2D eigenvalue weighted by molar-refractivity contribution is 0.198. The minimum absolute atomic E-state index is 0.484. The van der Waals surface area contributed by atoms with Crippen LogP contribution in [0.15, 0.2) is 24.3 Å². The fourth-order valence-corrected chi connectivity index (χ4v) is 2.84. The van der Waals surface area contributed by atoms with Gasteiger partial charge in [0, 0.05) is 25.2 Å². The first-order chi connectivity index (χ1) is 9.29. The van der Waals surface area contributed by atoms with Gasteiger partial charge in [-0.05, 0) is 42.4 Å². The number of hydrogen-bond donors (Lipinski definition) is 1. The molecule has 0 aliphatic rings. The van der Waals surface area contributed by atoms with Crippen LogP contribution >= 0.6 is 23.4 Å². The molecule has 2 nitrogen and oxygen atoms in total. The SMILES string of the molecule is COCCNCC(CCCSC)c1ccccc1Cl. The van der Waals surface area contributed by atoms with Crippen molar-refractivity contribution in [3.63, 3.8) is 0 Å². The molecule has 1 rings (SSSR count). The molecule has 0 fully saturated rings. The highest BCUT2D eigenvalue weighted by molar-refractivity contribution is 7.98. The van der Waals surface area contributed by atoms with Crippen LogP contribution in [-0.4, -0.2) is 38.8 Å². The van der Waals surface area contributed by atoms with E-state index in [0.717, 1.165) is 24.7 Å². The van der Waals surface area contributed by atoms with Crippen LogP contribution in [0.25, 0.3) is 0 Å². The normalized spacial score (nSPS) is 12.6. The minimum atomic E-state index is 0.484. The monoisotopic (exact) mass is 301 g/mol. The van der Waals surface area contributed by atoms with Gasteiger partial charge < -0.3 is 10.1 Å². The summed E-state index contributed by atoms with van der Waals surface area (Å²) in [5, 5.41) is 4.33. The van der Waals surface area contributed by atoms with Gasteiger partial charge in [-0.3, -0.25) is 0 Å². The molecule has 19 heavy (non-hydrogen) atoms. The quantitative estimate of drug-likeness (QED) is 0.664. The third kappa shape index (κ3) is 6.66. The van der Waals surface area contributed by atoms with E-state index in [-0.39, 0.29) is 0 Å². The van der Waals surface area contributed by atoms with Crippen molar-refractivity contribution < 1.29 is 4.74 Å². The Bertz CT molecular complexity index is 349. The number of benzene rings is 1. The number of hydrogen-bond acceptors (Lipinski definition) is 3. The highest BCUT2D eigenvalue weighted by Gasteiger charge is 2.13. The zero-order valence-corrected chi connectivity index (χ0v) is 13.4. The Labute approximate surface area is 126 Å². The van der Waals surface area contributed by atoms with Crippen molar-refractivity contribution in [2.75, 3.05) is 38.8 Å². The van der Waals surface area contributed by atoms with Crippen LogP contribution in [0.1, 0.15) is 24.3 Å². The Balaban J connectivity index is 2.55. The summed E-state index contributed by atoms with van der Waals surface area (Å²) < 4.78 is 5.06. The Morgan fingerprint density at radius 1 is 1.37 bits per heavy atom. The molecule has 1 unspecified atom stereocenters. The van der Waals surface area contributed by atoms with Crippen molar-refractivity contribution in [2.45, 2.75) is 18.8 Å². The van der Waals surface area contributed by atoms with Crippen molar-refractivity contribution in [3.05, 3.63) is 34.9 Å². The molecule has 1 aromatic carbocycles. The van der Waals surface area contributed by atoms with Gasteiger partial charge in [0.2, 0.25) is 0 Å². The second-order valence-electron chi connectivity index (χ2n) is 4.55. The van der Waals surface area contributed by atoms with Gasteiger partial charge >= 0.3 is 0 Å². The van der Waals surface area contributed by atoms with Crippen molar-refractivity contribution in [2.24, 2.45) is 0 Å². The van der Waals surface area contributed by atoms with E-state index in [1.54, 1.807) is 7.11 Å². The van der Waals surface area contributed by atoms with Crippen molar-refractivity contribution in [1.82, 2.24) is 5.32 Å². The van der Waals surface area contributed by atoms with E-state index in [4.69, 9.17) is 16.3 Å². The zero-order valence-electron chi connectivity index (χ0n) is 11.8. The molecule has 0 aromatic heterocycles. The Morgan fingerprint density at radius 3 is 2.84 bits per heavy atom. The lowest BCUT2D eigenvalue weighted by atomic mass is 9.94. The molecule has 4 heteroatoms. The van der Waals surface area contributed by atoms with Crippen LogP contribution in [0.4, 0.5) is 0 Å². The molecule has 0 bridgehead atoms. The van der Waals surface area contributed by atoms with Crippen molar-refractivity contribution in [3.8, 4) is 0 Å². The predicted octanol–water partition coefficient (Wildman–Crippen LogP) is 3.80. The molecule has 0 saturated heterocycles. The van der Waals surface area contributed by atoms with Crippen molar-refractivity contribution >= 4 is 23.4 Å². The summed E-state index contributed by atoms with van der Waals surface area (Å²) in [5.41, 5.74) is 1.26. The second kappa shape index (κ2) is 10.6. The van der Waals surface area contributed by atoms with Gasteiger partial charge in [-0.2, -0.15) is 11.8 Å². The molecule has 0 radical (unpaired) electrons. The van der Waals surface area contributed by atoms with Crippen LogP contribution < -0.4 is 5.32 Å². The molecule has 0 aliphatic carbocycles. The van der Waals surface area contributed by atoms with Gasteiger partial charge in [0.1, 0.15) is 0 Å². The summed E-state index contributed by atoms with van der Waals surface area (Å²) in [6.07, 6.45) is 4.55. The summed E-state index contributed by atoms with van der Waals surface area (Å²) in [7, 11) is 1.73. The van der Waals surface area contributed by atoms with Crippen LogP contribution in [-0.2, 0) is 4.74 Å². The molecular formula is C15H24ClNOS. The summed E-state index contributed by atoms with van der Waals surface area (Å²) in [5.74, 6) is 1.69. The van der Waals surface area contributed by atoms with E-state index in [0.29, 0.717) is 5.92 Å². The largest absolute Gasteiger partial charge is 0.383 e. The number of rotatable bonds is 10. The van der Waals surface area contributed by atoms with Gasteiger partial charge in [0.15, 0.2) is 0 Å². The third-order valence-corrected chi connectivity index (χ3v) is 4.16. The van der Waals surface area contributed by atoms with Crippen LogP contribution in [0.3, 0.4) is 0 Å². The zero-order chi connectivity index (χ0) is 13.9. The van der Waals surface area contributed by atoms with Crippen LogP contribution in [0.2, 0.25) is 5.02 Å². The molecule has 0 spiro atoms. The summed E-state index contributed by atoms with van der Waals surface area (Å²) in [6.45, 7) is 2.60. The lowest BCUT2D eigenvalue weighted by Gasteiger charge is -2.19. The number of nitrogens with one attached hydrogen (secondary N) is 1. The van der Waals surface area contributed by atoms with E-state index in [9.17, 15) is 0 Å².